The summed E-state index contributed by atoms with van der Waals surface area (Å²) in [4.78, 5) is 0. The van der Waals surface area contributed by atoms with Crippen LogP contribution in [-0.2, 0) is 12.5 Å². The van der Waals surface area contributed by atoms with Crippen molar-refractivity contribution >= 4 is 11.6 Å². The van der Waals surface area contributed by atoms with Crippen molar-refractivity contribution in [2.24, 2.45) is 0 Å². The lowest BCUT2D eigenvalue weighted by molar-refractivity contribution is 0.289. The van der Waals surface area contributed by atoms with Gasteiger partial charge >= 0.3 is 0 Å². The number of hydrogen-bond donors (Lipinski definition) is 0. The highest BCUT2D eigenvalue weighted by atomic mass is 35.5. The average Bonchev–Trinajstić information content (AvgIpc) is 2.40. The Labute approximate surface area is 115 Å². The van der Waals surface area contributed by atoms with E-state index in [-0.39, 0.29) is 24.1 Å². The molecule has 0 N–H and O–H groups in total. The van der Waals surface area contributed by atoms with E-state index in [4.69, 9.17) is 16.3 Å². The smallest absolute Gasteiger partial charge is 0.165 e. The largest absolute Gasteiger partial charge is 0.486 e. The molecular weight excluding hydrogens is 270 g/mol. The van der Waals surface area contributed by atoms with Crippen molar-refractivity contribution in [1.82, 2.24) is 0 Å². The fourth-order valence-electron chi connectivity index (χ4n) is 1.70. The van der Waals surface area contributed by atoms with Crippen molar-refractivity contribution in [3.63, 3.8) is 0 Å². The molecule has 2 rings (SSSR count). The summed E-state index contributed by atoms with van der Waals surface area (Å²) >= 11 is 5.61. The van der Waals surface area contributed by atoms with Crippen LogP contribution in [-0.4, -0.2) is 0 Å². The Balaban J connectivity index is 2.12. The van der Waals surface area contributed by atoms with Gasteiger partial charge < -0.3 is 4.74 Å². The molecule has 2 aromatic carbocycles. The summed E-state index contributed by atoms with van der Waals surface area (Å²) in [6, 6.07) is 9.00. The highest BCUT2D eigenvalue weighted by Gasteiger charge is 2.06. The Morgan fingerprint density at radius 1 is 1.11 bits per heavy atom. The van der Waals surface area contributed by atoms with E-state index in [0.29, 0.717) is 11.1 Å². The molecule has 0 amide bonds. The zero-order valence-corrected chi connectivity index (χ0v) is 11.2. The standard InChI is InChI=1S/C15H13ClF2O/c1-10-2-4-13(17)7-12(10)9-19-15-5-3-11(8-16)6-14(15)18/h2-7H,8-9H2,1H3. The van der Waals surface area contributed by atoms with Crippen LogP contribution >= 0.6 is 11.6 Å². The number of ether oxygens (including phenoxy) is 1. The fraction of sp³-hybridized carbons (Fsp3) is 0.200. The average molecular weight is 283 g/mol. The Morgan fingerprint density at radius 2 is 1.89 bits per heavy atom. The molecule has 0 aromatic heterocycles. The van der Waals surface area contributed by atoms with Crippen LogP contribution < -0.4 is 4.74 Å². The van der Waals surface area contributed by atoms with Crippen molar-refractivity contribution in [3.05, 3.63) is 64.7 Å². The van der Waals surface area contributed by atoms with Gasteiger partial charge in [-0.1, -0.05) is 12.1 Å². The Hall–Kier alpha value is -1.61. The number of aryl methyl sites for hydroxylation is 1. The molecule has 0 saturated carbocycles. The Morgan fingerprint density at radius 3 is 2.58 bits per heavy atom. The van der Waals surface area contributed by atoms with E-state index in [9.17, 15) is 8.78 Å². The molecule has 4 heteroatoms. The molecule has 0 spiro atoms. The first-order chi connectivity index (χ1) is 9.10. The lowest BCUT2D eigenvalue weighted by Crippen LogP contribution is -2.00. The van der Waals surface area contributed by atoms with E-state index < -0.39 is 5.82 Å². The normalized spacial score (nSPS) is 10.5. The number of halogens is 3. The maximum Gasteiger partial charge on any atom is 0.165 e. The van der Waals surface area contributed by atoms with Crippen LogP contribution in [0.3, 0.4) is 0 Å². The predicted molar refractivity (Wildman–Crippen MR) is 71.4 cm³/mol. The lowest BCUT2D eigenvalue weighted by atomic mass is 10.1. The molecule has 0 aliphatic carbocycles. The van der Waals surface area contributed by atoms with Gasteiger partial charge in [-0.2, -0.15) is 0 Å². The first-order valence-corrected chi connectivity index (χ1v) is 6.36. The molecular formula is C15H13ClF2O. The van der Waals surface area contributed by atoms with E-state index >= 15 is 0 Å². The molecule has 0 atom stereocenters. The molecule has 1 nitrogen and oxygen atoms in total. The molecule has 0 saturated heterocycles. The zero-order chi connectivity index (χ0) is 13.8. The van der Waals surface area contributed by atoms with E-state index in [1.54, 1.807) is 12.1 Å². The molecule has 0 unspecified atom stereocenters. The molecule has 19 heavy (non-hydrogen) atoms. The van der Waals surface area contributed by atoms with Gasteiger partial charge in [-0.3, -0.25) is 0 Å². The molecule has 0 aliphatic rings. The molecule has 0 heterocycles. The first-order valence-electron chi connectivity index (χ1n) is 5.82. The summed E-state index contributed by atoms with van der Waals surface area (Å²) < 4.78 is 32.1. The second kappa shape index (κ2) is 6.02. The molecule has 0 radical (unpaired) electrons. The summed E-state index contributed by atoms with van der Waals surface area (Å²) in [5.41, 5.74) is 2.29. The number of alkyl halides is 1. The van der Waals surface area contributed by atoms with Crippen LogP contribution in [0.5, 0.6) is 5.75 Å². The molecule has 0 bridgehead atoms. The minimum atomic E-state index is -0.466. The number of rotatable bonds is 4. The minimum absolute atomic E-state index is 0.126. The first kappa shape index (κ1) is 13.8. The van der Waals surface area contributed by atoms with Crippen molar-refractivity contribution in [1.29, 1.82) is 0 Å². The third kappa shape index (κ3) is 3.44. The van der Waals surface area contributed by atoms with Gasteiger partial charge in [0.1, 0.15) is 12.4 Å². The van der Waals surface area contributed by atoms with Crippen molar-refractivity contribution in [2.75, 3.05) is 0 Å². The zero-order valence-electron chi connectivity index (χ0n) is 10.4. The van der Waals surface area contributed by atoms with Gasteiger partial charge in [-0.05, 0) is 47.9 Å². The third-order valence-corrected chi connectivity index (χ3v) is 3.15. The monoisotopic (exact) mass is 282 g/mol. The third-order valence-electron chi connectivity index (χ3n) is 2.84. The molecule has 0 aliphatic heterocycles. The highest BCUT2D eigenvalue weighted by Crippen LogP contribution is 2.21. The SMILES string of the molecule is Cc1ccc(F)cc1COc1ccc(CCl)cc1F. The van der Waals surface area contributed by atoms with Crippen LogP contribution in [0.25, 0.3) is 0 Å². The second-order valence-corrected chi connectivity index (χ2v) is 4.53. The van der Waals surface area contributed by atoms with Gasteiger partial charge in [0.2, 0.25) is 0 Å². The van der Waals surface area contributed by atoms with Crippen LogP contribution in [0.2, 0.25) is 0 Å². The van der Waals surface area contributed by atoms with Gasteiger partial charge in [0, 0.05) is 5.88 Å². The molecule has 0 fully saturated rings. The van der Waals surface area contributed by atoms with Gasteiger partial charge in [0.05, 0.1) is 0 Å². The van der Waals surface area contributed by atoms with E-state index in [0.717, 1.165) is 5.56 Å². The van der Waals surface area contributed by atoms with Gasteiger partial charge in [-0.25, -0.2) is 8.78 Å². The minimum Gasteiger partial charge on any atom is -0.486 e. The molecule has 2 aromatic rings. The van der Waals surface area contributed by atoms with Gasteiger partial charge in [0.25, 0.3) is 0 Å². The van der Waals surface area contributed by atoms with Gasteiger partial charge in [0.15, 0.2) is 11.6 Å². The highest BCUT2D eigenvalue weighted by molar-refractivity contribution is 6.17. The van der Waals surface area contributed by atoms with Crippen molar-refractivity contribution in [3.8, 4) is 5.75 Å². The predicted octanol–water partition coefficient (Wildman–Crippen LogP) is 4.59. The summed E-state index contributed by atoms with van der Waals surface area (Å²) in [6.07, 6.45) is 0. The quantitative estimate of drug-likeness (QED) is 0.745. The summed E-state index contributed by atoms with van der Waals surface area (Å²) in [5.74, 6) is -0.410. The van der Waals surface area contributed by atoms with Crippen LogP contribution in [0.1, 0.15) is 16.7 Å². The van der Waals surface area contributed by atoms with Gasteiger partial charge in [-0.15, -0.1) is 11.6 Å². The number of benzene rings is 2. The fourth-order valence-corrected chi connectivity index (χ4v) is 1.86. The number of hydrogen-bond acceptors (Lipinski definition) is 1. The summed E-state index contributed by atoms with van der Waals surface area (Å²) in [7, 11) is 0. The van der Waals surface area contributed by atoms with Crippen LogP contribution in [0, 0.1) is 18.6 Å². The lowest BCUT2D eigenvalue weighted by Gasteiger charge is -2.10. The van der Waals surface area contributed by atoms with E-state index in [1.165, 1.54) is 24.3 Å². The summed E-state index contributed by atoms with van der Waals surface area (Å²) in [5, 5.41) is 0. The Bertz CT molecular complexity index is 584. The second-order valence-electron chi connectivity index (χ2n) is 4.26. The van der Waals surface area contributed by atoms with Crippen LogP contribution in [0.15, 0.2) is 36.4 Å². The van der Waals surface area contributed by atoms with Crippen LogP contribution in [0.4, 0.5) is 8.78 Å². The van der Waals surface area contributed by atoms with E-state index in [1.807, 2.05) is 6.92 Å². The Kier molecular flexibility index (Phi) is 4.38. The summed E-state index contributed by atoms with van der Waals surface area (Å²) in [6.45, 7) is 1.98. The van der Waals surface area contributed by atoms with E-state index in [2.05, 4.69) is 0 Å². The maximum atomic E-state index is 13.7. The van der Waals surface area contributed by atoms with Crippen molar-refractivity contribution in [2.45, 2.75) is 19.4 Å². The van der Waals surface area contributed by atoms with Crippen molar-refractivity contribution < 1.29 is 13.5 Å². The molecule has 100 valence electrons. The maximum absolute atomic E-state index is 13.7. The topological polar surface area (TPSA) is 9.23 Å².